The van der Waals surface area contributed by atoms with Crippen LogP contribution >= 0.6 is 0 Å². The van der Waals surface area contributed by atoms with Crippen LogP contribution in [-0.4, -0.2) is 17.4 Å². The van der Waals surface area contributed by atoms with E-state index in [-0.39, 0.29) is 24.1 Å². The minimum absolute atomic E-state index is 0.0143. The molecule has 1 saturated heterocycles. The summed E-state index contributed by atoms with van der Waals surface area (Å²) in [4.78, 5) is 30.0. The van der Waals surface area contributed by atoms with Crippen molar-refractivity contribution in [1.82, 2.24) is 0 Å². The molecule has 0 saturated carbocycles. The van der Waals surface area contributed by atoms with Crippen molar-refractivity contribution in [3.63, 3.8) is 0 Å². The fourth-order valence-corrected chi connectivity index (χ4v) is 6.60. The van der Waals surface area contributed by atoms with E-state index in [1.165, 1.54) is 16.7 Å². The minimum Gasteiger partial charge on any atom is -0.458 e. The predicted molar refractivity (Wildman–Crippen MR) is 174 cm³/mol. The van der Waals surface area contributed by atoms with Crippen molar-refractivity contribution in [2.45, 2.75) is 77.0 Å². The van der Waals surface area contributed by atoms with Crippen LogP contribution in [0.25, 0.3) is 0 Å². The van der Waals surface area contributed by atoms with E-state index in [1.54, 1.807) is 0 Å². The summed E-state index contributed by atoms with van der Waals surface area (Å²) in [6.45, 7) is 5.65. The topological polar surface area (TPSA) is 46.6 Å². The van der Waals surface area contributed by atoms with Crippen molar-refractivity contribution < 1.29 is 14.3 Å². The number of ketones is 1. The van der Waals surface area contributed by atoms with Gasteiger partial charge < -0.3 is 9.64 Å². The first-order valence-corrected chi connectivity index (χ1v) is 15.7. The first kappa shape index (κ1) is 30.3. The first-order valence-electron chi connectivity index (χ1n) is 15.7. The van der Waals surface area contributed by atoms with E-state index in [0.717, 1.165) is 37.2 Å². The Kier molecular flexibility index (Phi) is 10.1. The Morgan fingerprint density at radius 3 is 1.86 bits per heavy atom. The van der Waals surface area contributed by atoms with Gasteiger partial charge in [0.1, 0.15) is 11.5 Å². The average molecular weight is 574 g/mol. The lowest BCUT2D eigenvalue weighted by Gasteiger charge is -2.41. The van der Waals surface area contributed by atoms with Gasteiger partial charge in [-0.2, -0.15) is 0 Å². The summed E-state index contributed by atoms with van der Waals surface area (Å²) in [5.41, 5.74) is 5.01. The second-order valence-corrected chi connectivity index (χ2v) is 11.9. The van der Waals surface area contributed by atoms with Crippen molar-refractivity contribution in [2.24, 2.45) is 5.92 Å². The molecular formula is C39H43NO3. The number of benzene rings is 4. The van der Waals surface area contributed by atoms with Crippen LogP contribution < -0.4 is 4.90 Å². The number of nitrogens with zero attached hydrogens (tertiary/aromatic N) is 1. The number of anilines is 1. The Balaban J connectivity index is 1.38. The maximum absolute atomic E-state index is 13.9. The highest BCUT2D eigenvalue weighted by Gasteiger charge is 2.48. The fraction of sp³-hybridized carbons (Fsp3) is 0.333. The second kappa shape index (κ2) is 14.3. The zero-order valence-corrected chi connectivity index (χ0v) is 25.5. The summed E-state index contributed by atoms with van der Waals surface area (Å²) in [5.74, 6) is -1.36. The van der Waals surface area contributed by atoms with Gasteiger partial charge in [0.25, 0.3) is 0 Å². The summed E-state index contributed by atoms with van der Waals surface area (Å²) < 4.78 is 6.29. The number of carbonyl (C=O) groups is 2. The van der Waals surface area contributed by atoms with E-state index < -0.39 is 11.5 Å². The van der Waals surface area contributed by atoms with Crippen LogP contribution in [0.3, 0.4) is 0 Å². The molecule has 5 rings (SSSR count). The number of aryl methyl sites for hydroxylation is 1. The van der Waals surface area contributed by atoms with Gasteiger partial charge >= 0.3 is 5.97 Å². The molecule has 1 unspecified atom stereocenters. The van der Waals surface area contributed by atoms with Crippen LogP contribution in [0, 0.1) is 5.92 Å². The largest absolute Gasteiger partial charge is 0.458 e. The van der Waals surface area contributed by atoms with Gasteiger partial charge in [-0.05, 0) is 60.1 Å². The zero-order chi connectivity index (χ0) is 30.1. The van der Waals surface area contributed by atoms with Gasteiger partial charge in [0, 0.05) is 31.1 Å². The number of hydrogen-bond acceptors (Lipinski definition) is 4. The number of rotatable bonds is 13. The standard InChI is InChI=1S/C39H43NO3/c1-3-24-39(25-23-30-15-8-5-9-16-30)27-36(41)37(38(42)43-39)35(4-2)33-21-14-22-34(26-33)40(28-31-17-10-6-11-18-31)29-32-19-12-7-13-20-32/h5-22,26,35,37H,3-4,23-25,27-29H2,1-2H3/t35-,37?,39+/m0/s1. The number of esters is 1. The molecule has 3 atom stereocenters. The molecule has 1 aliphatic heterocycles. The van der Waals surface area contributed by atoms with E-state index >= 15 is 0 Å². The third-order valence-corrected chi connectivity index (χ3v) is 8.77. The van der Waals surface area contributed by atoms with Crippen LogP contribution in [0.2, 0.25) is 0 Å². The lowest BCUT2D eigenvalue weighted by atomic mass is 9.74. The Morgan fingerprint density at radius 2 is 1.33 bits per heavy atom. The molecule has 4 aromatic rings. The number of cyclic esters (lactones) is 1. The number of carbonyl (C=O) groups excluding carboxylic acids is 2. The van der Waals surface area contributed by atoms with Crippen LogP contribution in [0.1, 0.15) is 74.1 Å². The van der Waals surface area contributed by atoms with E-state index in [1.807, 2.05) is 30.3 Å². The minimum atomic E-state index is -0.779. The van der Waals surface area contributed by atoms with Crippen molar-refractivity contribution in [3.8, 4) is 0 Å². The molecular weight excluding hydrogens is 530 g/mol. The van der Waals surface area contributed by atoms with Crippen LogP contribution in [0.15, 0.2) is 115 Å². The molecule has 1 heterocycles. The Morgan fingerprint density at radius 1 is 0.744 bits per heavy atom. The monoisotopic (exact) mass is 573 g/mol. The molecule has 0 amide bonds. The molecule has 1 aliphatic rings. The Labute approximate surface area is 256 Å². The maximum atomic E-state index is 13.9. The average Bonchev–Trinajstić information content (AvgIpc) is 3.03. The summed E-state index contributed by atoms with van der Waals surface area (Å²) >= 11 is 0. The molecule has 4 nitrogen and oxygen atoms in total. The van der Waals surface area contributed by atoms with Crippen LogP contribution in [0.4, 0.5) is 5.69 Å². The molecule has 0 N–H and O–H groups in total. The highest BCUT2D eigenvalue weighted by molar-refractivity contribution is 6.02. The summed E-state index contributed by atoms with van der Waals surface area (Å²) in [6, 6.07) is 39.6. The molecule has 1 fully saturated rings. The van der Waals surface area contributed by atoms with Crippen molar-refractivity contribution >= 4 is 17.4 Å². The van der Waals surface area contributed by atoms with E-state index in [0.29, 0.717) is 19.3 Å². The molecule has 0 spiro atoms. The quantitative estimate of drug-likeness (QED) is 0.119. The summed E-state index contributed by atoms with van der Waals surface area (Å²) in [6.07, 6.45) is 3.97. The van der Waals surface area contributed by atoms with Gasteiger partial charge in [0.05, 0.1) is 0 Å². The molecule has 0 aliphatic carbocycles. The predicted octanol–water partition coefficient (Wildman–Crippen LogP) is 8.69. The third-order valence-electron chi connectivity index (χ3n) is 8.77. The van der Waals surface area contributed by atoms with Gasteiger partial charge in [-0.3, -0.25) is 9.59 Å². The normalized spacial score (nSPS) is 19.1. The molecule has 4 aromatic carbocycles. The molecule has 43 heavy (non-hydrogen) atoms. The SMILES string of the molecule is CCC[C@@]1(CCc2ccccc2)CC(=O)C([C@@H](CC)c2cccc(N(Cc3ccccc3)Cc3ccccc3)c2)C(=O)O1. The zero-order valence-electron chi connectivity index (χ0n) is 25.5. The van der Waals surface area contributed by atoms with Gasteiger partial charge in [-0.1, -0.05) is 123 Å². The summed E-state index contributed by atoms with van der Waals surface area (Å²) in [7, 11) is 0. The van der Waals surface area contributed by atoms with E-state index in [4.69, 9.17) is 4.74 Å². The van der Waals surface area contributed by atoms with E-state index in [2.05, 4.69) is 104 Å². The van der Waals surface area contributed by atoms with Gasteiger partial charge in [0.2, 0.25) is 0 Å². The molecule has 0 radical (unpaired) electrons. The van der Waals surface area contributed by atoms with Crippen LogP contribution in [-0.2, 0) is 33.8 Å². The van der Waals surface area contributed by atoms with Gasteiger partial charge in [-0.15, -0.1) is 0 Å². The third kappa shape index (κ3) is 7.62. The highest BCUT2D eigenvalue weighted by Crippen LogP contribution is 2.41. The van der Waals surface area contributed by atoms with E-state index in [9.17, 15) is 9.59 Å². The first-order chi connectivity index (χ1) is 21.0. The Bertz CT molecular complexity index is 1410. The van der Waals surface area contributed by atoms with Crippen molar-refractivity contribution in [3.05, 3.63) is 138 Å². The van der Waals surface area contributed by atoms with Crippen LogP contribution in [0.5, 0.6) is 0 Å². The highest BCUT2D eigenvalue weighted by atomic mass is 16.6. The number of Topliss-reactive ketones (excluding diaryl/α,β-unsaturated/α-hetero) is 1. The lowest BCUT2D eigenvalue weighted by Crippen LogP contribution is -2.49. The maximum Gasteiger partial charge on any atom is 0.317 e. The molecule has 0 bridgehead atoms. The number of hydrogen-bond donors (Lipinski definition) is 0. The van der Waals surface area contributed by atoms with Crippen molar-refractivity contribution in [2.75, 3.05) is 4.90 Å². The molecule has 4 heteroatoms. The smallest absolute Gasteiger partial charge is 0.317 e. The van der Waals surface area contributed by atoms with Crippen molar-refractivity contribution in [1.29, 1.82) is 0 Å². The van der Waals surface area contributed by atoms with Gasteiger partial charge in [0.15, 0.2) is 5.78 Å². The Hall–Kier alpha value is -4.18. The molecule has 0 aromatic heterocycles. The second-order valence-electron chi connectivity index (χ2n) is 11.9. The van der Waals surface area contributed by atoms with Gasteiger partial charge in [-0.25, -0.2) is 0 Å². The summed E-state index contributed by atoms with van der Waals surface area (Å²) in [5, 5.41) is 0. The fourth-order valence-electron chi connectivity index (χ4n) is 6.60. The molecule has 222 valence electrons. The number of ether oxygens (including phenoxy) is 1. The lowest BCUT2D eigenvalue weighted by molar-refractivity contribution is -0.180.